The average molecular weight is 173 g/mol. The minimum absolute atomic E-state index is 0.0354. The van der Waals surface area contributed by atoms with E-state index >= 15 is 0 Å². The van der Waals surface area contributed by atoms with Crippen LogP contribution in [0.25, 0.3) is 0 Å². The van der Waals surface area contributed by atoms with Gasteiger partial charge in [-0.15, -0.1) is 0 Å². The molecule has 1 saturated heterocycles. The van der Waals surface area contributed by atoms with E-state index in [1.54, 1.807) is 0 Å². The van der Waals surface area contributed by atoms with E-state index < -0.39 is 0 Å². The van der Waals surface area contributed by atoms with E-state index in [1.165, 1.54) is 0 Å². The number of epoxide rings is 1. The lowest BCUT2D eigenvalue weighted by Gasteiger charge is -2.14. The van der Waals surface area contributed by atoms with Gasteiger partial charge in [-0.1, -0.05) is 0 Å². The maximum atomic E-state index is 5.44. The van der Waals surface area contributed by atoms with E-state index in [0.29, 0.717) is 19.3 Å². The molecule has 3 atom stereocenters. The normalized spacial score (nSPS) is 24.5. The molecule has 0 amide bonds. The van der Waals surface area contributed by atoms with Gasteiger partial charge in [0.2, 0.25) is 0 Å². The van der Waals surface area contributed by atoms with E-state index in [0.717, 1.165) is 6.61 Å². The van der Waals surface area contributed by atoms with Gasteiger partial charge < -0.3 is 14.2 Å². The van der Waals surface area contributed by atoms with Crippen molar-refractivity contribution in [1.82, 2.24) is 0 Å². The summed E-state index contributed by atoms with van der Waals surface area (Å²) < 4.78 is 15.7. The van der Waals surface area contributed by atoms with Gasteiger partial charge in [-0.2, -0.15) is 0 Å². The highest BCUT2D eigenvalue weighted by atomic mass is 16.6. The lowest BCUT2D eigenvalue weighted by Crippen LogP contribution is -2.20. The molecule has 1 rings (SSSR count). The van der Waals surface area contributed by atoms with Crippen molar-refractivity contribution in [3.8, 4) is 0 Å². The first-order valence-electron chi connectivity index (χ1n) is 4.36. The molecule has 0 aromatic rings. The highest BCUT2D eigenvalue weighted by molar-refractivity contribution is 4.68. The summed E-state index contributed by atoms with van der Waals surface area (Å²) in [5, 5.41) is 0. The average Bonchev–Trinajstić information content (AvgIpc) is 2.80. The van der Waals surface area contributed by atoms with Crippen molar-refractivity contribution in [3.05, 3.63) is 6.92 Å². The summed E-state index contributed by atoms with van der Waals surface area (Å²) in [6, 6.07) is 0. The largest absolute Gasteiger partial charge is 0.376 e. The van der Waals surface area contributed by atoms with Gasteiger partial charge >= 0.3 is 0 Å². The van der Waals surface area contributed by atoms with Gasteiger partial charge in [-0.25, -0.2) is 0 Å². The summed E-state index contributed by atoms with van der Waals surface area (Å²) in [6.07, 6.45) is 0.510. The lowest BCUT2D eigenvalue weighted by molar-refractivity contribution is -0.0242. The molecule has 71 valence electrons. The molecule has 12 heavy (non-hydrogen) atoms. The second-order valence-corrected chi connectivity index (χ2v) is 3.24. The third kappa shape index (κ3) is 4.70. The maximum Gasteiger partial charge on any atom is 0.104 e. The highest BCUT2D eigenvalue weighted by Crippen LogP contribution is 2.09. The Labute approximate surface area is 74.0 Å². The second-order valence-electron chi connectivity index (χ2n) is 3.24. The highest BCUT2D eigenvalue weighted by Gasteiger charge is 2.23. The van der Waals surface area contributed by atoms with Crippen LogP contribution in [0.4, 0.5) is 0 Å². The molecule has 3 heteroatoms. The van der Waals surface area contributed by atoms with Crippen LogP contribution in [0.2, 0.25) is 0 Å². The van der Waals surface area contributed by atoms with Crippen LogP contribution in [0.5, 0.6) is 0 Å². The van der Waals surface area contributed by atoms with E-state index in [4.69, 9.17) is 14.2 Å². The molecule has 3 unspecified atom stereocenters. The minimum Gasteiger partial charge on any atom is -0.376 e. The Morgan fingerprint density at radius 3 is 2.67 bits per heavy atom. The van der Waals surface area contributed by atoms with Crippen LogP contribution >= 0.6 is 0 Å². The smallest absolute Gasteiger partial charge is 0.104 e. The van der Waals surface area contributed by atoms with E-state index in [-0.39, 0.29) is 12.2 Å². The van der Waals surface area contributed by atoms with Crippen LogP contribution in [0.3, 0.4) is 0 Å². The summed E-state index contributed by atoms with van der Waals surface area (Å²) in [7, 11) is 0. The van der Waals surface area contributed by atoms with Crippen LogP contribution in [0.1, 0.15) is 13.8 Å². The van der Waals surface area contributed by atoms with Crippen molar-refractivity contribution in [2.24, 2.45) is 0 Å². The second kappa shape index (κ2) is 4.80. The van der Waals surface area contributed by atoms with Crippen molar-refractivity contribution in [1.29, 1.82) is 0 Å². The standard InChI is InChI=1S/C9H17O3/c1-7(2)10-4-8(3)11-5-9-6-12-9/h7-9H,1,4-6H2,2-3H3. The van der Waals surface area contributed by atoms with Crippen molar-refractivity contribution in [2.45, 2.75) is 32.2 Å². The Morgan fingerprint density at radius 2 is 2.17 bits per heavy atom. The monoisotopic (exact) mass is 173 g/mol. The van der Waals surface area contributed by atoms with Crippen molar-refractivity contribution in [3.63, 3.8) is 0 Å². The van der Waals surface area contributed by atoms with E-state index in [9.17, 15) is 0 Å². The van der Waals surface area contributed by atoms with Gasteiger partial charge in [0.1, 0.15) is 6.10 Å². The number of hydrogen-bond acceptors (Lipinski definition) is 3. The Balaban J connectivity index is 1.91. The summed E-state index contributed by atoms with van der Waals surface area (Å²) in [5.41, 5.74) is 0. The van der Waals surface area contributed by atoms with Gasteiger partial charge in [0.25, 0.3) is 0 Å². The predicted octanol–water partition coefficient (Wildman–Crippen LogP) is 1.03. The van der Waals surface area contributed by atoms with Crippen molar-refractivity contribution in [2.75, 3.05) is 19.8 Å². The van der Waals surface area contributed by atoms with Gasteiger partial charge in [0.15, 0.2) is 0 Å². The Hall–Kier alpha value is -0.120. The topological polar surface area (TPSA) is 31.0 Å². The SMILES string of the molecule is [CH2]C(C)OCC(C)OCC1CO1. The van der Waals surface area contributed by atoms with Crippen LogP contribution in [0.15, 0.2) is 0 Å². The van der Waals surface area contributed by atoms with Gasteiger partial charge in [-0.3, -0.25) is 0 Å². The number of ether oxygens (including phenoxy) is 3. The van der Waals surface area contributed by atoms with Gasteiger partial charge in [-0.05, 0) is 20.8 Å². The fourth-order valence-electron chi connectivity index (χ4n) is 0.784. The third-order valence-corrected chi connectivity index (χ3v) is 1.58. The molecule has 0 bridgehead atoms. The summed E-state index contributed by atoms with van der Waals surface area (Å²) in [5.74, 6) is 0. The molecule has 1 aliphatic rings. The zero-order chi connectivity index (χ0) is 8.97. The van der Waals surface area contributed by atoms with E-state index in [1.807, 2.05) is 13.8 Å². The molecule has 0 spiro atoms. The first-order valence-corrected chi connectivity index (χ1v) is 4.36. The first kappa shape index (κ1) is 9.96. The molecule has 0 aromatic carbocycles. The zero-order valence-corrected chi connectivity index (χ0v) is 7.79. The number of hydrogen-bond donors (Lipinski definition) is 0. The lowest BCUT2D eigenvalue weighted by atomic mass is 10.4. The minimum atomic E-state index is 0.0354. The van der Waals surface area contributed by atoms with Crippen LogP contribution in [-0.2, 0) is 14.2 Å². The quantitative estimate of drug-likeness (QED) is 0.562. The molecule has 1 aliphatic heterocycles. The van der Waals surface area contributed by atoms with Gasteiger partial charge in [0, 0.05) is 0 Å². The fourth-order valence-corrected chi connectivity index (χ4v) is 0.784. The van der Waals surface area contributed by atoms with Crippen LogP contribution < -0.4 is 0 Å². The van der Waals surface area contributed by atoms with Crippen molar-refractivity contribution < 1.29 is 14.2 Å². The molecule has 0 saturated carbocycles. The summed E-state index contributed by atoms with van der Waals surface area (Å²) in [4.78, 5) is 0. The predicted molar refractivity (Wildman–Crippen MR) is 45.9 cm³/mol. The molecule has 0 N–H and O–H groups in total. The molecule has 1 fully saturated rings. The van der Waals surface area contributed by atoms with Crippen LogP contribution in [-0.4, -0.2) is 38.1 Å². The molecule has 0 aromatic heterocycles. The first-order chi connectivity index (χ1) is 5.68. The Kier molecular flexibility index (Phi) is 3.98. The maximum absolute atomic E-state index is 5.44. The molecular weight excluding hydrogens is 156 g/mol. The van der Waals surface area contributed by atoms with Crippen molar-refractivity contribution >= 4 is 0 Å². The zero-order valence-electron chi connectivity index (χ0n) is 7.79. The molecule has 1 heterocycles. The Bertz CT molecular complexity index is 115. The van der Waals surface area contributed by atoms with Crippen LogP contribution in [0, 0.1) is 6.92 Å². The third-order valence-electron chi connectivity index (χ3n) is 1.58. The molecular formula is C9H17O3. The number of rotatable bonds is 6. The summed E-state index contributed by atoms with van der Waals surface area (Å²) >= 11 is 0. The van der Waals surface area contributed by atoms with E-state index in [2.05, 4.69) is 6.92 Å². The summed E-state index contributed by atoms with van der Waals surface area (Å²) in [6.45, 7) is 9.77. The fraction of sp³-hybridized carbons (Fsp3) is 0.889. The molecule has 0 aliphatic carbocycles. The molecule has 1 radical (unpaired) electrons. The Morgan fingerprint density at radius 1 is 1.50 bits per heavy atom. The van der Waals surface area contributed by atoms with Gasteiger partial charge in [0.05, 0.1) is 32.0 Å². The molecule has 3 nitrogen and oxygen atoms in total.